The molecule has 0 bridgehead atoms. The fourth-order valence-electron chi connectivity index (χ4n) is 4.26. The van der Waals surface area contributed by atoms with Crippen LogP contribution >= 0.6 is 11.8 Å². The molecule has 2 amide bonds. The molecule has 0 aromatic heterocycles. The van der Waals surface area contributed by atoms with Gasteiger partial charge in [-0.25, -0.2) is 5.43 Å². The fraction of sp³-hybridized carbons (Fsp3) is 0.810. The van der Waals surface area contributed by atoms with Gasteiger partial charge >= 0.3 is 5.91 Å². The molecule has 0 radical (unpaired) electrons. The lowest BCUT2D eigenvalue weighted by atomic mass is 9.87. The Morgan fingerprint density at radius 1 is 1.10 bits per heavy atom. The Labute approximate surface area is 182 Å². The van der Waals surface area contributed by atoms with Crippen molar-refractivity contribution >= 4 is 34.5 Å². The van der Waals surface area contributed by atoms with E-state index in [0.717, 1.165) is 44.3 Å². The number of hydrazone groups is 1. The summed E-state index contributed by atoms with van der Waals surface area (Å²) in [6, 6.07) is -0.493. The fourth-order valence-corrected chi connectivity index (χ4v) is 5.37. The van der Waals surface area contributed by atoms with Crippen molar-refractivity contribution in [3.8, 4) is 0 Å². The molecule has 2 aliphatic heterocycles. The van der Waals surface area contributed by atoms with Crippen molar-refractivity contribution in [2.24, 2.45) is 16.9 Å². The van der Waals surface area contributed by atoms with Crippen LogP contribution in [0.2, 0.25) is 0 Å². The molecular weight excluding hydrogens is 404 g/mol. The van der Waals surface area contributed by atoms with E-state index in [4.69, 9.17) is 4.74 Å². The molecule has 2 N–H and O–H groups in total. The van der Waals surface area contributed by atoms with Crippen molar-refractivity contribution in [3.05, 3.63) is 0 Å². The van der Waals surface area contributed by atoms with Crippen LogP contribution in [0.25, 0.3) is 0 Å². The molecule has 2 unspecified atom stereocenters. The molecule has 1 saturated carbocycles. The lowest BCUT2D eigenvalue weighted by Crippen LogP contribution is -2.53. The average Bonchev–Trinajstić information content (AvgIpc) is 2.95. The first-order valence-electron chi connectivity index (χ1n) is 11.1. The minimum absolute atomic E-state index is 0.0732. The Morgan fingerprint density at radius 2 is 1.77 bits per heavy atom. The van der Waals surface area contributed by atoms with Gasteiger partial charge in [0, 0.05) is 38.0 Å². The van der Waals surface area contributed by atoms with Crippen LogP contribution in [0.15, 0.2) is 5.10 Å². The number of hydrogen-bond donors (Lipinski definition) is 2. The minimum atomic E-state index is -0.822. The van der Waals surface area contributed by atoms with Crippen molar-refractivity contribution in [3.63, 3.8) is 0 Å². The number of carbonyl (C=O) groups is 3. The molecule has 2 atom stereocenters. The predicted octanol–water partition coefficient (Wildman–Crippen LogP) is 1.89. The number of thioether (sulfide) groups is 1. The number of hydrogen-bond acceptors (Lipinski definition) is 6. The smallest absolute Gasteiger partial charge is 0.309 e. The Balaban J connectivity index is 1.66. The first kappa shape index (κ1) is 23.1. The summed E-state index contributed by atoms with van der Waals surface area (Å²) < 4.78 is 5.41. The number of ketones is 1. The largest absolute Gasteiger partial charge is 0.381 e. The number of amides is 2. The number of rotatable bonds is 6. The van der Waals surface area contributed by atoms with Crippen LogP contribution in [-0.2, 0) is 19.1 Å². The summed E-state index contributed by atoms with van der Waals surface area (Å²) >= 11 is 1.54. The first-order valence-corrected chi connectivity index (χ1v) is 12.1. The monoisotopic (exact) mass is 438 g/mol. The lowest BCUT2D eigenvalue weighted by Gasteiger charge is -2.30. The van der Waals surface area contributed by atoms with Crippen LogP contribution < -0.4 is 10.7 Å². The van der Waals surface area contributed by atoms with Gasteiger partial charge in [0.15, 0.2) is 5.17 Å². The highest BCUT2D eigenvalue weighted by Crippen LogP contribution is 2.25. The molecule has 3 fully saturated rings. The summed E-state index contributed by atoms with van der Waals surface area (Å²) in [6.07, 6.45) is 7.38. The van der Waals surface area contributed by atoms with Crippen molar-refractivity contribution in [2.75, 3.05) is 26.0 Å². The Morgan fingerprint density at radius 3 is 2.37 bits per heavy atom. The van der Waals surface area contributed by atoms with Gasteiger partial charge in [0.25, 0.3) is 0 Å². The Hall–Kier alpha value is -1.61. The second-order valence-electron chi connectivity index (χ2n) is 8.60. The molecule has 9 heteroatoms. The zero-order valence-corrected chi connectivity index (χ0v) is 18.8. The molecule has 3 rings (SSSR count). The lowest BCUT2D eigenvalue weighted by molar-refractivity contribution is -0.142. The zero-order valence-electron chi connectivity index (χ0n) is 18.0. The summed E-state index contributed by atoms with van der Waals surface area (Å²) in [4.78, 5) is 40.5. The van der Waals surface area contributed by atoms with E-state index in [0.29, 0.717) is 37.3 Å². The van der Waals surface area contributed by atoms with Crippen LogP contribution in [0.1, 0.15) is 58.3 Å². The summed E-state index contributed by atoms with van der Waals surface area (Å²) in [5.74, 6) is -0.762. The summed E-state index contributed by atoms with van der Waals surface area (Å²) in [6.45, 7) is 3.15. The number of amidine groups is 1. The first-order chi connectivity index (χ1) is 14.5. The topological polar surface area (TPSA) is 100 Å². The van der Waals surface area contributed by atoms with Gasteiger partial charge in [-0.15, -0.1) is 5.10 Å². The maximum atomic E-state index is 13.0. The van der Waals surface area contributed by atoms with Crippen molar-refractivity contribution < 1.29 is 19.1 Å². The highest BCUT2D eigenvalue weighted by Gasteiger charge is 2.36. The van der Waals surface area contributed by atoms with Crippen molar-refractivity contribution in [1.29, 1.82) is 0 Å². The maximum absolute atomic E-state index is 13.0. The van der Waals surface area contributed by atoms with Gasteiger partial charge in [0.05, 0.1) is 0 Å². The Bertz CT molecular complexity index is 657. The Kier molecular flexibility index (Phi) is 8.56. The summed E-state index contributed by atoms with van der Waals surface area (Å²) in [5, 5.41) is 7.76. The van der Waals surface area contributed by atoms with Gasteiger partial charge in [0.2, 0.25) is 11.7 Å². The highest BCUT2D eigenvalue weighted by molar-refractivity contribution is 8.14. The van der Waals surface area contributed by atoms with Crippen LogP contribution in [0.4, 0.5) is 0 Å². The molecule has 30 heavy (non-hydrogen) atoms. The third-order valence-corrected chi connectivity index (χ3v) is 7.72. The van der Waals surface area contributed by atoms with Gasteiger partial charge < -0.3 is 15.0 Å². The van der Waals surface area contributed by atoms with Gasteiger partial charge in [0.1, 0.15) is 6.04 Å². The molecule has 3 aliphatic rings. The van der Waals surface area contributed by atoms with E-state index in [1.54, 1.807) is 11.8 Å². The highest BCUT2D eigenvalue weighted by atomic mass is 32.2. The number of nitrogens with one attached hydrogen (secondary N) is 2. The molecule has 0 spiro atoms. The number of Topliss-reactive ketones (excluding diaryl/α,β-unsaturated/α-hetero) is 1. The molecule has 0 aromatic carbocycles. The number of nitrogens with zero attached hydrogens (tertiary/aromatic N) is 2. The molecule has 168 valence electrons. The molecule has 1 aliphatic carbocycles. The van der Waals surface area contributed by atoms with Gasteiger partial charge in [-0.05, 0) is 38.5 Å². The van der Waals surface area contributed by atoms with Gasteiger partial charge in [-0.3, -0.25) is 14.4 Å². The van der Waals surface area contributed by atoms with Crippen LogP contribution in [0.3, 0.4) is 0 Å². The third-order valence-electron chi connectivity index (χ3n) is 6.44. The predicted molar refractivity (Wildman–Crippen MR) is 117 cm³/mol. The van der Waals surface area contributed by atoms with Crippen molar-refractivity contribution in [2.45, 2.75) is 70.4 Å². The minimum Gasteiger partial charge on any atom is -0.381 e. The van der Waals surface area contributed by atoms with Crippen LogP contribution in [-0.4, -0.2) is 65.8 Å². The van der Waals surface area contributed by atoms with E-state index >= 15 is 0 Å². The molecule has 2 saturated heterocycles. The molecule has 8 nitrogen and oxygen atoms in total. The van der Waals surface area contributed by atoms with E-state index in [2.05, 4.69) is 22.8 Å². The van der Waals surface area contributed by atoms with Gasteiger partial charge in [-0.2, -0.15) is 0 Å². The van der Waals surface area contributed by atoms with Crippen molar-refractivity contribution in [1.82, 2.24) is 15.6 Å². The maximum Gasteiger partial charge on any atom is 0.309 e. The standard InChI is InChI=1S/C21H34N4O4S/c1-14-13-30-21(25(14)2)24-23-20(28)18(26)17(15-9-11-29-12-10-15)22-19(27)16-7-5-3-4-6-8-16/h14-17H,3-13H2,1-2H3,(H,22,27)(H,23,28). The van der Waals surface area contributed by atoms with E-state index in [1.807, 2.05) is 11.9 Å². The van der Waals surface area contributed by atoms with E-state index in [1.165, 1.54) is 0 Å². The van der Waals surface area contributed by atoms with E-state index < -0.39 is 17.7 Å². The second kappa shape index (κ2) is 11.1. The number of ether oxygens (including phenoxy) is 1. The zero-order chi connectivity index (χ0) is 21.5. The normalized spacial score (nSPS) is 26.3. The van der Waals surface area contributed by atoms with Crippen LogP contribution in [0, 0.1) is 11.8 Å². The summed E-state index contributed by atoms with van der Waals surface area (Å²) in [5.41, 5.74) is 2.41. The molecular formula is C21H34N4O4S. The molecule has 0 aromatic rings. The third kappa shape index (κ3) is 5.97. The van der Waals surface area contributed by atoms with E-state index in [9.17, 15) is 14.4 Å². The summed E-state index contributed by atoms with van der Waals surface area (Å²) in [7, 11) is 1.91. The van der Waals surface area contributed by atoms with Gasteiger partial charge in [-0.1, -0.05) is 37.4 Å². The SMILES string of the molecule is CC1CSC(=NNC(=O)C(=O)C(NC(=O)C2CCCCCC2)C2CCOCC2)N1C. The molecule has 2 heterocycles. The van der Waals surface area contributed by atoms with E-state index in [-0.39, 0.29) is 17.7 Å². The van der Waals surface area contributed by atoms with Crippen LogP contribution in [0.5, 0.6) is 0 Å². The number of carbonyl (C=O) groups excluding carboxylic acids is 3. The second-order valence-corrected chi connectivity index (χ2v) is 9.58. The average molecular weight is 439 g/mol. The quantitative estimate of drug-likeness (QED) is 0.373.